The molecule has 1 aromatic heterocycles. The van der Waals surface area contributed by atoms with Gasteiger partial charge in [-0.1, -0.05) is 0 Å². The third kappa shape index (κ3) is 1.47. The Kier molecular flexibility index (Phi) is 2.32. The van der Waals surface area contributed by atoms with Gasteiger partial charge in [0.05, 0.1) is 11.8 Å². The summed E-state index contributed by atoms with van der Waals surface area (Å²) in [5.74, 6) is 2.95. The molecule has 1 fully saturated rings. The molecule has 0 aliphatic carbocycles. The highest BCUT2D eigenvalue weighted by atomic mass is 32.2. The Bertz CT molecular complexity index is 254. The second kappa shape index (κ2) is 3.45. The molecule has 12 heavy (non-hydrogen) atoms. The summed E-state index contributed by atoms with van der Waals surface area (Å²) in [6.45, 7) is 0.449. The van der Waals surface area contributed by atoms with Crippen LogP contribution in [-0.4, -0.2) is 20.9 Å². The van der Waals surface area contributed by atoms with Crippen molar-refractivity contribution >= 4 is 11.8 Å². The molecular formula is C7H12N4S. The van der Waals surface area contributed by atoms with Crippen LogP contribution in [0.25, 0.3) is 0 Å². The van der Waals surface area contributed by atoms with Gasteiger partial charge in [-0.25, -0.2) is 4.98 Å². The van der Waals surface area contributed by atoms with E-state index in [-0.39, 0.29) is 0 Å². The SMILES string of the molecule is NCc1nc(C2CCCS2)n[nH]1. The van der Waals surface area contributed by atoms with Crippen LogP contribution in [0.2, 0.25) is 0 Å². The lowest BCUT2D eigenvalue weighted by atomic mass is 10.2. The Morgan fingerprint density at radius 3 is 3.17 bits per heavy atom. The number of aromatic nitrogens is 3. The summed E-state index contributed by atoms with van der Waals surface area (Å²) in [6, 6.07) is 0. The number of aromatic amines is 1. The molecule has 0 spiro atoms. The van der Waals surface area contributed by atoms with Gasteiger partial charge in [0.2, 0.25) is 0 Å². The van der Waals surface area contributed by atoms with E-state index in [1.165, 1.54) is 18.6 Å². The predicted octanol–water partition coefficient (Wildman–Crippen LogP) is 0.831. The van der Waals surface area contributed by atoms with Gasteiger partial charge in [-0.3, -0.25) is 5.10 Å². The van der Waals surface area contributed by atoms with Gasteiger partial charge in [0.15, 0.2) is 5.82 Å². The van der Waals surface area contributed by atoms with Crippen molar-refractivity contribution in [2.45, 2.75) is 24.6 Å². The third-order valence-corrected chi connectivity index (χ3v) is 3.33. The van der Waals surface area contributed by atoms with Crippen LogP contribution in [0, 0.1) is 0 Å². The summed E-state index contributed by atoms with van der Waals surface area (Å²) in [5, 5.41) is 7.47. The maximum Gasteiger partial charge on any atom is 0.163 e. The van der Waals surface area contributed by atoms with E-state index in [2.05, 4.69) is 15.2 Å². The minimum Gasteiger partial charge on any atom is -0.324 e. The van der Waals surface area contributed by atoms with Crippen LogP contribution in [0.5, 0.6) is 0 Å². The molecule has 0 aromatic carbocycles. The first kappa shape index (κ1) is 8.07. The molecule has 5 heteroatoms. The molecule has 66 valence electrons. The molecule has 0 radical (unpaired) electrons. The van der Waals surface area contributed by atoms with Crippen molar-refractivity contribution in [1.29, 1.82) is 0 Å². The topological polar surface area (TPSA) is 67.6 Å². The fourth-order valence-corrected chi connectivity index (χ4v) is 2.53. The van der Waals surface area contributed by atoms with Crippen LogP contribution < -0.4 is 5.73 Å². The summed E-state index contributed by atoms with van der Waals surface area (Å²) < 4.78 is 0. The predicted molar refractivity (Wildman–Crippen MR) is 48.7 cm³/mol. The zero-order valence-corrected chi connectivity index (χ0v) is 7.60. The maximum atomic E-state index is 5.42. The fraction of sp³-hybridized carbons (Fsp3) is 0.714. The lowest BCUT2D eigenvalue weighted by molar-refractivity contribution is 0.781. The molecule has 1 aliphatic heterocycles. The monoisotopic (exact) mass is 184 g/mol. The highest BCUT2D eigenvalue weighted by Crippen LogP contribution is 2.37. The zero-order chi connectivity index (χ0) is 8.39. The number of hydrogen-bond acceptors (Lipinski definition) is 4. The number of rotatable bonds is 2. The fourth-order valence-electron chi connectivity index (χ4n) is 1.33. The van der Waals surface area contributed by atoms with Crippen LogP contribution in [-0.2, 0) is 6.54 Å². The Morgan fingerprint density at radius 2 is 2.58 bits per heavy atom. The van der Waals surface area contributed by atoms with E-state index in [0.29, 0.717) is 11.8 Å². The van der Waals surface area contributed by atoms with Crippen LogP contribution in [0.3, 0.4) is 0 Å². The molecule has 3 N–H and O–H groups in total. The third-order valence-electron chi connectivity index (χ3n) is 1.96. The van der Waals surface area contributed by atoms with Gasteiger partial charge >= 0.3 is 0 Å². The first-order valence-electron chi connectivity index (χ1n) is 4.13. The second-order valence-electron chi connectivity index (χ2n) is 2.85. The standard InChI is InChI=1S/C7H12N4S/c8-4-6-9-7(11-10-6)5-2-1-3-12-5/h5H,1-4,8H2,(H,9,10,11). The normalized spacial score (nSPS) is 23.2. The Hall–Kier alpha value is -0.550. The van der Waals surface area contributed by atoms with E-state index in [0.717, 1.165) is 11.6 Å². The molecule has 1 atom stereocenters. The smallest absolute Gasteiger partial charge is 0.163 e. The molecule has 1 unspecified atom stereocenters. The van der Waals surface area contributed by atoms with Gasteiger partial charge in [0.1, 0.15) is 5.82 Å². The minimum absolute atomic E-state index is 0.449. The quantitative estimate of drug-likeness (QED) is 0.714. The number of H-pyrrole nitrogens is 1. The van der Waals surface area contributed by atoms with E-state index in [4.69, 9.17) is 5.73 Å². The van der Waals surface area contributed by atoms with E-state index >= 15 is 0 Å². The average Bonchev–Trinajstić information content (AvgIpc) is 2.75. The molecule has 0 saturated carbocycles. The molecule has 0 bridgehead atoms. The molecule has 2 heterocycles. The molecule has 1 aromatic rings. The van der Waals surface area contributed by atoms with E-state index in [1.807, 2.05) is 11.8 Å². The number of thioether (sulfide) groups is 1. The number of nitrogens with zero attached hydrogens (tertiary/aromatic N) is 2. The summed E-state index contributed by atoms with van der Waals surface area (Å²) in [5.41, 5.74) is 5.42. The Morgan fingerprint density at radius 1 is 1.67 bits per heavy atom. The lowest BCUT2D eigenvalue weighted by Gasteiger charge is -1.99. The van der Waals surface area contributed by atoms with Crippen LogP contribution in [0.1, 0.15) is 29.7 Å². The van der Waals surface area contributed by atoms with Gasteiger partial charge in [-0.2, -0.15) is 16.9 Å². The zero-order valence-electron chi connectivity index (χ0n) is 6.79. The van der Waals surface area contributed by atoms with Crippen LogP contribution in [0.4, 0.5) is 0 Å². The summed E-state index contributed by atoms with van der Waals surface area (Å²) in [4.78, 5) is 4.30. The van der Waals surface area contributed by atoms with Gasteiger partial charge < -0.3 is 5.73 Å². The van der Waals surface area contributed by atoms with Gasteiger partial charge in [0, 0.05) is 0 Å². The minimum atomic E-state index is 0.449. The van der Waals surface area contributed by atoms with Gasteiger partial charge in [-0.15, -0.1) is 0 Å². The van der Waals surface area contributed by atoms with E-state index < -0.39 is 0 Å². The van der Waals surface area contributed by atoms with Gasteiger partial charge in [0.25, 0.3) is 0 Å². The lowest BCUT2D eigenvalue weighted by Crippen LogP contribution is -1.98. The molecule has 0 amide bonds. The van der Waals surface area contributed by atoms with E-state index in [1.54, 1.807) is 0 Å². The molecule has 2 rings (SSSR count). The molecule has 1 saturated heterocycles. The van der Waals surface area contributed by atoms with Crippen molar-refractivity contribution in [3.8, 4) is 0 Å². The first-order chi connectivity index (χ1) is 5.90. The van der Waals surface area contributed by atoms with Crippen molar-refractivity contribution in [2.24, 2.45) is 5.73 Å². The van der Waals surface area contributed by atoms with Crippen molar-refractivity contribution in [3.63, 3.8) is 0 Å². The highest BCUT2D eigenvalue weighted by molar-refractivity contribution is 7.99. The van der Waals surface area contributed by atoms with Crippen molar-refractivity contribution in [1.82, 2.24) is 15.2 Å². The Balaban J connectivity index is 2.11. The van der Waals surface area contributed by atoms with Crippen molar-refractivity contribution in [3.05, 3.63) is 11.6 Å². The van der Waals surface area contributed by atoms with E-state index in [9.17, 15) is 0 Å². The van der Waals surface area contributed by atoms with Crippen molar-refractivity contribution < 1.29 is 0 Å². The number of nitrogens with two attached hydrogens (primary N) is 1. The molecule has 4 nitrogen and oxygen atoms in total. The maximum absolute atomic E-state index is 5.42. The summed E-state index contributed by atoms with van der Waals surface area (Å²) >= 11 is 1.93. The summed E-state index contributed by atoms with van der Waals surface area (Å²) in [6.07, 6.45) is 2.48. The largest absolute Gasteiger partial charge is 0.324 e. The average molecular weight is 184 g/mol. The summed E-state index contributed by atoms with van der Waals surface area (Å²) in [7, 11) is 0. The number of nitrogens with one attached hydrogen (secondary N) is 1. The van der Waals surface area contributed by atoms with Crippen LogP contribution in [0.15, 0.2) is 0 Å². The Labute approximate surface area is 75.3 Å². The second-order valence-corrected chi connectivity index (χ2v) is 4.16. The highest BCUT2D eigenvalue weighted by Gasteiger charge is 2.21. The van der Waals surface area contributed by atoms with Gasteiger partial charge in [-0.05, 0) is 18.6 Å². The first-order valence-corrected chi connectivity index (χ1v) is 5.18. The van der Waals surface area contributed by atoms with Crippen molar-refractivity contribution in [2.75, 3.05) is 5.75 Å². The molecular weight excluding hydrogens is 172 g/mol. The molecule has 1 aliphatic rings. The number of hydrogen-bond donors (Lipinski definition) is 2. The van der Waals surface area contributed by atoms with Crippen LogP contribution >= 0.6 is 11.8 Å².